The molecule has 0 heterocycles. The van der Waals surface area contributed by atoms with Gasteiger partial charge < -0.3 is 14.8 Å². The number of terminal acetylenes is 2. The maximum Gasteiger partial charge on any atom is 0.220 e. The molecule has 0 radical (unpaired) electrons. The van der Waals surface area contributed by atoms with Crippen LogP contribution in [0.3, 0.4) is 0 Å². The van der Waals surface area contributed by atoms with Crippen LogP contribution in [0.25, 0.3) is 0 Å². The molecule has 1 fully saturated rings. The van der Waals surface area contributed by atoms with Crippen molar-refractivity contribution in [3.63, 3.8) is 0 Å². The predicted molar refractivity (Wildman–Crippen MR) is 98.4 cm³/mol. The highest BCUT2D eigenvalue weighted by Crippen LogP contribution is 2.29. The van der Waals surface area contributed by atoms with Crippen LogP contribution < -0.4 is 14.8 Å². The summed E-state index contributed by atoms with van der Waals surface area (Å²) in [7, 11) is 0. The van der Waals surface area contributed by atoms with Crippen molar-refractivity contribution in [1.82, 2.24) is 5.32 Å². The van der Waals surface area contributed by atoms with Gasteiger partial charge in [0.25, 0.3) is 0 Å². The summed E-state index contributed by atoms with van der Waals surface area (Å²) in [5.74, 6) is 6.07. The van der Waals surface area contributed by atoms with E-state index in [0.29, 0.717) is 30.4 Å². The first-order valence-electron chi connectivity index (χ1n) is 8.77. The first-order valence-corrected chi connectivity index (χ1v) is 8.77. The Morgan fingerprint density at radius 1 is 1.08 bits per heavy atom. The molecule has 0 unspecified atom stereocenters. The van der Waals surface area contributed by atoms with E-state index in [2.05, 4.69) is 17.2 Å². The zero-order valence-corrected chi connectivity index (χ0v) is 14.6. The number of amides is 1. The van der Waals surface area contributed by atoms with E-state index >= 15 is 0 Å². The molecule has 1 amide bonds. The van der Waals surface area contributed by atoms with Crippen molar-refractivity contribution in [1.29, 1.82) is 0 Å². The molecule has 0 aromatic heterocycles. The SMILES string of the molecule is C#CCOc1ccc(CCC(=O)NC2CCCCC2)cc1OCC#C. The number of aryl methyl sites for hydroxylation is 1. The van der Waals surface area contributed by atoms with E-state index in [0.717, 1.165) is 18.4 Å². The summed E-state index contributed by atoms with van der Waals surface area (Å²) in [5.41, 5.74) is 0.999. The van der Waals surface area contributed by atoms with Gasteiger partial charge in [-0.25, -0.2) is 0 Å². The lowest BCUT2D eigenvalue weighted by molar-refractivity contribution is -0.121. The second kappa shape index (κ2) is 10.3. The van der Waals surface area contributed by atoms with Crippen LogP contribution in [0.5, 0.6) is 11.5 Å². The molecule has 0 bridgehead atoms. The molecule has 2 rings (SSSR count). The average Bonchev–Trinajstić information content (AvgIpc) is 2.64. The van der Waals surface area contributed by atoms with Gasteiger partial charge in [-0.15, -0.1) is 12.8 Å². The minimum atomic E-state index is 0.102. The lowest BCUT2D eigenvalue weighted by Gasteiger charge is -2.22. The van der Waals surface area contributed by atoms with Crippen molar-refractivity contribution in [2.45, 2.75) is 51.0 Å². The molecule has 4 heteroatoms. The molecule has 0 spiro atoms. The van der Waals surface area contributed by atoms with Gasteiger partial charge in [0.1, 0.15) is 13.2 Å². The molecule has 0 atom stereocenters. The van der Waals surface area contributed by atoms with Gasteiger partial charge in [-0.3, -0.25) is 4.79 Å². The molecular formula is C21H25NO3. The monoisotopic (exact) mass is 339 g/mol. The smallest absolute Gasteiger partial charge is 0.220 e. The van der Waals surface area contributed by atoms with Crippen molar-refractivity contribution in [3.8, 4) is 36.2 Å². The van der Waals surface area contributed by atoms with Gasteiger partial charge in [-0.1, -0.05) is 37.2 Å². The molecule has 1 aliphatic carbocycles. The van der Waals surface area contributed by atoms with Crippen LogP contribution in [-0.4, -0.2) is 25.2 Å². The molecule has 1 saturated carbocycles. The number of carbonyl (C=O) groups excluding carboxylic acids is 1. The van der Waals surface area contributed by atoms with Crippen LogP contribution >= 0.6 is 0 Å². The van der Waals surface area contributed by atoms with Gasteiger partial charge in [0, 0.05) is 12.5 Å². The molecule has 1 aromatic rings. The largest absolute Gasteiger partial charge is 0.477 e. The normalized spacial score (nSPS) is 14.2. The lowest BCUT2D eigenvalue weighted by Crippen LogP contribution is -2.36. The van der Waals surface area contributed by atoms with E-state index in [-0.39, 0.29) is 19.1 Å². The highest BCUT2D eigenvalue weighted by Gasteiger charge is 2.15. The summed E-state index contributed by atoms with van der Waals surface area (Å²) >= 11 is 0. The van der Waals surface area contributed by atoms with Crippen molar-refractivity contribution < 1.29 is 14.3 Å². The quantitative estimate of drug-likeness (QED) is 0.741. The summed E-state index contributed by atoms with van der Waals surface area (Å²) in [6.45, 7) is 0.313. The van der Waals surface area contributed by atoms with Crippen LogP contribution in [0, 0.1) is 24.7 Å². The summed E-state index contributed by atoms with van der Waals surface area (Å²) in [6.07, 6.45) is 17.4. The van der Waals surface area contributed by atoms with Crippen molar-refractivity contribution in [3.05, 3.63) is 23.8 Å². The molecule has 1 aliphatic rings. The Hall–Kier alpha value is -2.59. The number of nitrogens with one attached hydrogen (secondary N) is 1. The predicted octanol–water partition coefficient (Wildman–Crippen LogP) is 3.09. The van der Waals surface area contributed by atoms with E-state index in [1.54, 1.807) is 6.07 Å². The van der Waals surface area contributed by atoms with Gasteiger partial charge in [0.15, 0.2) is 11.5 Å². The zero-order chi connectivity index (χ0) is 17.9. The molecule has 25 heavy (non-hydrogen) atoms. The number of hydrogen-bond donors (Lipinski definition) is 1. The number of benzene rings is 1. The van der Waals surface area contributed by atoms with Crippen LogP contribution in [0.4, 0.5) is 0 Å². The Balaban J connectivity index is 1.90. The summed E-state index contributed by atoms with van der Waals surface area (Å²) in [6, 6.07) is 5.92. The average molecular weight is 339 g/mol. The van der Waals surface area contributed by atoms with E-state index in [1.807, 2.05) is 12.1 Å². The molecule has 0 saturated heterocycles. The Bertz CT molecular complexity index is 648. The van der Waals surface area contributed by atoms with Crippen molar-refractivity contribution in [2.24, 2.45) is 0 Å². The second-order valence-electron chi connectivity index (χ2n) is 6.17. The fourth-order valence-electron chi connectivity index (χ4n) is 2.98. The van der Waals surface area contributed by atoms with Gasteiger partial charge in [-0.05, 0) is 37.0 Å². The van der Waals surface area contributed by atoms with E-state index in [1.165, 1.54) is 19.3 Å². The molecule has 132 valence electrons. The third-order valence-electron chi connectivity index (χ3n) is 4.24. The van der Waals surface area contributed by atoms with Gasteiger partial charge in [0.2, 0.25) is 5.91 Å². The Labute approximate surface area is 150 Å². The van der Waals surface area contributed by atoms with Crippen LogP contribution in [-0.2, 0) is 11.2 Å². The van der Waals surface area contributed by atoms with E-state index in [9.17, 15) is 4.79 Å². The summed E-state index contributed by atoms with van der Waals surface area (Å²) in [5, 5.41) is 3.13. The molecule has 4 nitrogen and oxygen atoms in total. The van der Waals surface area contributed by atoms with Gasteiger partial charge in [0.05, 0.1) is 0 Å². The van der Waals surface area contributed by atoms with E-state index in [4.69, 9.17) is 22.3 Å². The maximum atomic E-state index is 12.1. The minimum absolute atomic E-state index is 0.102. The molecule has 1 N–H and O–H groups in total. The zero-order valence-electron chi connectivity index (χ0n) is 14.6. The third-order valence-corrected chi connectivity index (χ3v) is 4.24. The van der Waals surface area contributed by atoms with E-state index < -0.39 is 0 Å². The number of rotatable bonds is 8. The molecular weight excluding hydrogens is 314 g/mol. The first kappa shape index (κ1) is 18.7. The summed E-state index contributed by atoms with van der Waals surface area (Å²) < 4.78 is 11.0. The highest BCUT2D eigenvalue weighted by atomic mass is 16.5. The highest BCUT2D eigenvalue weighted by molar-refractivity contribution is 5.76. The fraction of sp³-hybridized carbons (Fsp3) is 0.476. The number of carbonyl (C=O) groups is 1. The number of hydrogen-bond acceptors (Lipinski definition) is 3. The van der Waals surface area contributed by atoms with Gasteiger partial charge >= 0.3 is 0 Å². The fourth-order valence-corrected chi connectivity index (χ4v) is 2.98. The van der Waals surface area contributed by atoms with Crippen molar-refractivity contribution >= 4 is 5.91 Å². The minimum Gasteiger partial charge on any atom is -0.477 e. The molecule has 1 aromatic carbocycles. The topological polar surface area (TPSA) is 47.6 Å². The van der Waals surface area contributed by atoms with Crippen LogP contribution in [0.1, 0.15) is 44.1 Å². The lowest BCUT2D eigenvalue weighted by atomic mass is 9.95. The summed E-state index contributed by atoms with van der Waals surface area (Å²) in [4.78, 5) is 12.1. The Morgan fingerprint density at radius 3 is 2.44 bits per heavy atom. The third kappa shape index (κ3) is 6.43. The first-order chi connectivity index (χ1) is 12.2. The standard InChI is InChI=1S/C21H25NO3/c1-3-14-24-19-12-10-17(16-20(19)25-15-4-2)11-13-21(23)22-18-8-6-5-7-9-18/h1-2,10,12,16,18H,5-9,11,13-15H2,(H,22,23). The number of ether oxygens (including phenoxy) is 2. The maximum absolute atomic E-state index is 12.1. The van der Waals surface area contributed by atoms with Crippen LogP contribution in [0.15, 0.2) is 18.2 Å². The Morgan fingerprint density at radius 2 is 1.76 bits per heavy atom. The van der Waals surface area contributed by atoms with Gasteiger partial charge in [-0.2, -0.15) is 0 Å². The van der Waals surface area contributed by atoms with Crippen LogP contribution in [0.2, 0.25) is 0 Å². The Kier molecular flexibility index (Phi) is 7.73. The van der Waals surface area contributed by atoms with Crippen molar-refractivity contribution in [2.75, 3.05) is 13.2 Å². The molecule has 0 aliphatic heterocycles. The second-order valence-corrected chi connectivity index (χ2v) is 6.17.